The van der Waals surface area contributed by atoms with Crippen molar-refractivity contribution in [2.24, 2.45) is 0 Å². The van der Waals surface area contributed by atoms with Crippen LogP contribution in [0.3, 0.4) is 0 Å². The number of ether oxygens (including phenoxy) is 3. The average molecular weight is 413 g/mol. The lowest BCUT2D eigenvalue weighted by Gasteiger charge is -2.25. The first-order valence-electron chi connectivity index (χ1n) is 8.33. The molecule has 1 aliphatic rings. The van der Waals surface area contributed by atoms with Crippen LogP contribution in [0.1, 0.15) is 21.3 Å². The van der Waals surface area contributed by atoms with Crippen molar-refractivity contribution in [3.63, 3.8) is 0 Å². The lowest BCUT2D eigenvalue weighted by molar-refractivity contribution is -0.274. The smallest absolute Gasteiger partial charge is 0.493 e. The Morgan fingerprint density at radius 1 is 1.07 bits per heavy atom. The lowest BCUT2D eigenvalue weighted by Crippen LogP contribution is -2.31. The summed E-state index contributed by atoms with van der Waals surface area (Å²) in [7, 11) is 3.03. The van der Waals surface area contributed by atoms with Crippen LogP contribution in [0.5, 0.6) is 17.2 Å². The lowest BCUT2D eigenvalue weighted by atomic mass is 10.1. The molecule has 9 heteroatoms. The first kappa shape index (κ1) is 20.2. The molecule has 2 aromatic rings. The fraction of sp³-hybridized carbons (Fsp3) is 0.316. The summed E-state index contributed by atoms with van der Waals surface area (Å²) in [6.07, 6.45) is -4.88. The Balaban J connectivity index is 1.91. The van der Waals surface area contributed by atoms with Gasteiger partial charge in [-0.15, -0.1) is 24.9 Å². The summed E-state index contributed by atoms with van der Waals surface area (Å²) in [4.78, 5) is 14.6. The number of amides is 1. The number of benzene rings is 2. The molecule has 28 heavy (non-hydrogen) atoms. The van der Waals surface area contributed by atoms with Gasteiger partial charge in [0.1, 0.15) is 11.1 Å². The number of rotatable bonds is 5. The predicted molar refractivity (Wildman–Crippen MR) is 98.9 cm³/mol. The minimum absolute atomic E-state index is 0.132. The van der Waals surface area contributed by atoms with Gasteiger partial charge in [-0.3, -0.25) is 4.79 Å². The van der Waals surface area contributed by atoms with Crippen molar-refractivity contribution in [2.45, 2.75) is 11.7 Å². The first-order valence-corrected chi connectivity index (χ1v) is 9.38. The molecule has 1 heterocycles. The predicted octanol–water partition coefficient (Wildman–Crippen LogP) is 4.49. The maximum atomic E-state index is 13.0. The molecule has 1 unspecified atom stereocenters. The summed E-state index contributed by atoms with van der Waals surface area (Å²) in [6.45, 7) is 0.406. The van der Waals surface area contributed by atoms with Crippen LogP contribution in [0.15, 0.2) is 42.5 Å². The molecule has 3 rings (SSSR count). The Kier molecular flexibility index (Phi) is 5.93. The summed E-state index contributed by atoms with van der Waals surface area (Å²) in [6, 6.07) is 10.7. The number of thioether (sulfide) groups is 1. The van der Waals surface area contributed by atoms with Gasteiger partial charge in [-0.25, -0.2) is 0 Å². The Morgan fingerprint density at radius 2 is 1.79 bits per heavy atom. The fourth-order valence-corrected chi connectivity index (χ4v) is 4.22. The molecule has 1 amide bonds. The van der Waals surface area contributed by atoms with E-state index in [1.165, 1.54) is 49.1 Å². The van der Waals surface area contributed by atoms with Crippen molar-refractivity contribution in [1.29, 1.82) is 0 Å². The van der Waals surface area contributed by atoms with Crippen molar-refractivity contribution in [1.82, 2.24) is 4.90 Å². The Morgan fingerprint density at radius 3 is 2.46 bits per heavy atom. The average Bonchev–Trinajstić information content (AvgIpc) is 3.16. The second-order valence-electron chi connectivity index (χ2n) is 5.88. The second-order valence-corrected chi connectivity index (χ2v) is 7.07. The molecule has 0 bridgehead atoms. The zero-order valence-electron chi connectivity index (χ0n) is 15.2. The molecule has 0 spiro atoms. The van der Waals surface area contributed by atoms with E-state index in [9.17, 15) is 18.0 Å². The van der Waals surface area contributed by atoms with Gasteiger partial charge < -0.3 is 19.1 Å². The number of carbonyl (C=O) groups excluding carboxylic acids is 1. The molecule has 1 aliphatic heterocycles. The van der Waals surface area contributed by atoms with E-state index in [1.54, 1.807) is 12.1 Å². The maximum absolute atomic E-state index is 13.0. The van der Waals surface area contributed by atoms with E-state index in [-0.39, 0.29) is 10.9 Å². The zero-order valence-corrected chi connectivity index (χ0v) is 16.0. The van der Waals surface area contributed by atoms with Gasteiger partial charge in [0.15, 0.2) is 11.5 Å². The third-order valence-electron chi connectivity index (χ3n) is 4.19. The van der Waals surface area contributed by atoms with Crippen LogP contribution >= 0.6 is 11.8 Å². The molecule has 150 valence electrons. The number of alkyl halides is 3. The summed E-state index contributed by atoms with van der Waals surface area (Å²) in [5, 5.41) is -0.355. The van der Waals surface area contributed by atoms with E-state index in [0.717, 1.165) is 11.6 Å². The van der Waals surface area contributed by atoms with Gasteiger partial charge in [0, 0.05) is 12.3 Å². The third kappa shape index (κ3) is 4.30. The molecule has 1 saturated heterocycles. The van der Waals surface area contributed by atoms with E-state index >= 15 is 0 Å². The highest BCUT2D eigenvalue weighted by molar-refractivity contribution is 7.99. The van der Waals surface area contributed by atoms with Crippen LogP contribution in [-0.4, -0.2) is 43.7 Å². The van der Waals surface area contributed by atoms with Crippen LogP contribution < -0.4 is 14.2 Å². The van der Waals surface area contributed by atoms with Crippen molar-refractivity contribution >= 4 is 17.7 Å². The standard InChI is InChI=1S/C19H18F3NO4S/c1-25-15-8-7-12(11-16(15)26-2)18-23(9-10-28-18)17(24)13-5-3-4-6-14(13)27-19(20,21)22/h3-8,11,18H,9-10H2,1-2H3. The first-order chi connectivity index (χ1) is 13.3. The molecule has 0 aromatic heterocycles. The number of hydrogen-bond donors (Lipinski definition) is 0. The second kappa shape index (κ2) is 8.22. The number of nitrogens with zero attached hydrogens (tertiary/aromatic N) is 1. The van der Waals surface area contributed by atoms with Gasteiger partial charge >= 0.3 is 6.36 Å². The molecule has 0 N–H and O–H groups in total. The van der Waals surface area contributed by atoms with E-state index < -0.39 is 18.0 Å². The molecule has 0 radical (unpaired) electrons. The summed E-state index contributed by atoms with van der Waals surface area (Å²) < 4.78 is 52.6. The largest absolute Gasteiger partial charge is 0.573 e. The highest BCUT2D eigenvalue weighted by atomic mass is 32.2. The van der Waals surface area contributed by atoms with Crippen molar-refractivity contribution < 1.29 is 32.2 Å². The topological polar surface area (TPSA) is 48.0 Å². The minimum Gasteiger partial charge on any atom is -0.493 e. The van der Waals surface area contributed by atoms with Crippen LogP contribution in [-0.2, 0) is 0 Å². The van der Waals surface area contributed by atoms with E-state index in [1.807, 2.05) is 6.07 Å². The Labute approximate surface area is 164 Å². The zero-order chi connectivity index (χ0) is 20.3. The number of methoxy groups -OCH3 is 2. The molecule has 0 aliphatic carbocycles. The van der Waals surface area contributed by atoms with Gasteiger partial charge in [-0.05, 0) is 29.8 Å². The SMILES string of the molecule is COc1ccc(C2SCCN2C(=O)c2ccccc2OC(F)(F)F)cc1OC. The molecule has 1 fully saturated rings. The van der Waals surface area contributed by atoms with Crippen LogP contribution in [0.2, 0.25) is 0 Å². The van der Waals surface area contributed by atoms with Crippen molar-refractivity contribution in [3.05, 3.63) is 53.6 Å². The normalized spacial score (nSPS) is 16.8. The van der Waals surface area contributed by atoms with E-state index in [0.29, 0.717) is 23.8 Å². The molecule has 1 atom stereocenters. The highest BCUT2D eigenvalue weighted by Crippen LogP contribution is 2.42. The Bertz CT molecular complexity index is 859. The summed E-state index contributed by atoms with van der Waals surface area (Å²) in [5.41, 5.74) is 0.663. The van der Waals surface area contributed by atoms with Crippen LogP contribution in [0.25, 0.3) is 0 Å². The van der Waals surface area contributed by atoms with Gasteiger partial charge in [-0.2, -0.15) is 0 Å². The van der Waals surface area contributed by atoms with Gasteiger partial charge in [-0.1, -0.05) is 18.2 Å². The molecule has 2 aromatic carbocycles. The molecular formula is C19H18F3NO4S. The van der Waals surface area contributed by atoms with E-state index in [2.05, 4.69) is 4.74 Å². The number of hydrogen-bond acceptors (Lipinski definition) is 5. The third-order valence-corrected chi connectivity index (χ3v) is 5.45. The van der Waals surface area contributed by atoms with Gasteiger partial charge in [0.25, 0.3) is 5.91 Å². The van der Waals surface area contributed by atoms with Gasteiger partial charge in [0.05, 0.1) is 19.8 Å². The molecule has 0 saturated carbocycles. The van der Waals surface area contributed by atoms with Crippen molar-refractivity contribution in [2.75, 3.05) is 26.5 Å². The summed E-state index contributed by atoms with van der Waals surface area (Å²) in [5.74, 6) is 0.692. The van der Waals surface area contributed by atoms with E-state index in [4.69, 9.17) is 9.47 Å². The fourth-order valence-electron chi connectivity index (χ4n) is 2.97. The molecular weight excluding hydrogens is 395 g/mol. The number of carbonyl (C=O) groups is 1. The minimum atomic E-state index is -4.88. The summed E-state index contributed by atoms with van der Waals surface area (Å²) >= 11 is 1.52. The van der Waals surface area contributed by atoms with Gasteiger partial charge in [0.2, 0.25) is 0 Å². The Hall–Kier alpha value is -2.55. The van der Waals surface area contributed by atoms with Crippen molar-refractivity contribution in [3.8, 4) is 17.2 Å². The number of halogens is 3. The quantitative estimate of drug-likeness (QED) is 0.723. The number of para-hydroxylation sites is 1. The highest BCUT2D eigenvalue weighted by Gasteiger charge is 2.36. The maximum Gasteiger partial charge on any atom is 0.573 e. The van der Waals surface area contributed by atoms with Crippen LogP contribution in [0.4, 0.5) is 13.2 Å². The molecule has 5 nitrogen and oxygen atoms in total. The van der Waals surface area contributed by atoms with Crippen LogP contribution in [0, 0.1) is 0 Å². The monoisotopic (exact) mass is 413 g/mol.